The number of fused-ring (bicyclic) bond motifs is 1. The van der Waals surface area contributed by atoms with Crippen LogP contribution in [0.4, 0.5) is 17.6 Å². The SMILES string of the molecule is COc1cc(-n2cnc(Nc3nc(N4CCCC4CO)nc4cc(Br)ccc34)c2)cc(OC)c1OC. The number of aromatic nitrogens is 4. The van der Waals surface area contributed by atoms with E-state index in [4.69, 9.17) is 24.2 Å². The number of hydrogen-bond acceptors (Lipinski definition) is 9. The fourth-order valence-corrected chi connectivity index (χ4v) is 4.82. The predicted octanol–water partition coefficient (Wildman–Crippen LogP) is 4.31. The van der Waals surface area contributed by atoms with Crippen LogP contribution in [0.15, 0.2) is 47.3 Å². The molecule has 2 N–H and O–H groups in total. The Kier molecular flexibility index (Phi) is 6.84. The highest BCUT2D eigenvalue weighted by molar-refractivity contribution is 9.10. The van der Waals surface area contributed by atoms with Crippen molar-refractivity contribution >= 4 is 44.4 Å². The highest BCUT2D eigenvalue weighted by Gasteiger charge is 2.27. The number of rotatable bonds is 8. The number of anilines is 3. The van der Waals surface area contributed by atoms with Crippen LogP contribution in [-0.2, 0) is 0 Å². The van der Waals surface area contributed by atoms with Crippen LogP contribution in [0, 0.1) is 0 Å². The standard InChI is InChI=1S/C25H27BrN6O4/c1-34-20-10-17(11-21(35-2)23(20)36-3)31-12-22(27-14-31)29-24-18-7-6-15(26)9-19(18)28-25(30-24)32-8-4-5-16(32)13-33/h6-7,9-12,14,16,33H,4-5,8,13H2,1-3H3,(H,28,29,30). The average molecular weight is 555 g/mol. The highest BCUT2D eigenvalue weighted by Crippen LogP contribution is 2.39. The highest BCUT2D eigenvalue weighted by atomic mass is 79.9. The van der Waals surface area contributed by atoms with Crippen LogP contribution >= 0.6 is 15.9 Å². The molecule has 0 amide bonds. The molecule has 10 nitrogen and oxygen atoms in total. The first-order chi connectivity index (χ1) is 17.5. The van der Waals surface area contributed by atoms with Gasteiger partial charge in [-0.2, -0.15) is 4.98 Å². The van der Waals surface area contributed by atoms with Crippen LogP contribution in [0.5, 0.6) is 17.2 Å². The first kappa shape index (κ1) is 24.1. The fraction of sp³-hybridized carbons (Fsp3) is 0.320. The third kappa shape index (κ3) is 4.51. The van der Waals surface area contributed by atoms with Gasteiger partial charge in [-0.25, -0.2) is 9.97 Å². The molecule has 0 spiro atoms. The number of imidazole rings is 1. The summed E-state index contributed by atoms with van der Waals surface area (Å²) in [7, 11) is 4.74. The molecule has 5 rings (SSSR count). The second-order valence-corrected chi connectivity index (χ2v) is 9.30. The van der Waals surface area contributed by atoms with E-state index in [1.54, 1.807) is 27.7 Å². The Morgan fingerprint density at radius 2 is 1.86 bits per heavy atom. The van der Waals surface area contributed by atoms with Crippen LogP contribution in [0.25, 0.3) is 16.6 Å². The molecule has 36 heavy (non-hydrogen) atoms. The Morgan fingerprint density at radius 3 is 2.56 bits per heavy atom. The number of hydrogen-bond donors (Lipinski definition) is 2. The molecular weight excluding hydrogens is 528 g/mol. The van der Waals surface area contributed by atoms with Crippen LogP contribution in [0.3, 0.4) is 0 Å². The van der Waals surface area contributed by atoms with Gasteiger partial charge in [-0.15, -0.1) is 0 Å². The molecule has 4 aromatic rings. The van der Waals surface area contributed by atoms with E-state index in [0.717, 1.165) is 40.4 Å². The predicted molar refractivity (Wildman–Crippen MR) is 141 cm³/mol. The third-order valence-electron chi connectivity index (χ3n) is 6.27. The molecule has 0 bridgehead atoms. The maximum absolute atomic E-state index is 9.82. The van der Waals surface area contributed by atoms with Crippen molar-refractivity contribution in [2.75, 3.05) is 44.7 Å². The van der Waals surface area contributed by atoms with Crippen molar-refractivity contribution in [1.82, 2.24) is 19.5 Å². The van der Waals surface area contributed by atoms with Crippen molar-refractivity contribution in [3.05, 3.63) is 47.3 Å². The van der Waals surface area contributed by atoms with E-state index in [2.05, 4.69) is 31.1 Å². The molecule has 2 aromatic carbocycles. The molecule has 1 fully saturated rings. The van der Waals surface area contributed by atoms with Gasteiger partial charge in [0.2, 0.25) is 11.7 Å². The molecular formula is C25H27BrN6O4. The van der Waals surface area contributed by atoms with Gasteiger partial charge in [-0.05, 0) is 31.0 Å². The number of halogens is 1. The van der Waals surface area contributed by atoms with E-state index in [1.165, 1.54) is 0 Å². The van der Waals surface area contributed by atoms with Crippen molar-refractivity contribution in [2.24, 2.45) is 0 Å². The van der Waals surface area contributed by atoms with E-state index in [9.17, 15) is 5.11 Å². The summed E-state index contributed by atoms with van der Waals surface area (Å²) in [5.74, 6) is 3.46. The molecule has 2 aromatic heterocycles. The number of aliphatic hydroxyl groups is 1. The fourth-order valence-electron chi connectivity index (χ4n) is 4.47. The largest absolute Gasteiger partial charge is 0.493 e. The molecule has 0 aliphatic carbocycles. The van der Waals surface area contributed by atoms with Gasteiger partial charge in [0.25, 0.3) is 0 Å². The van der Waals surface area contributed by atoms with E-state index >= 15 is 0 Å². The Morgan fingerprint density at radius 1 is 1.08 bits per heavy atom. The number of benzene rings is 2. The maximum atomic E-state index is 9.82. The molecule has 3 heterocycles. The van der Waals surface area contributed by atoms with Gasteiger partial charge < -0.3 is 34.1 Å². The summed E-state index contributed by atoms with van der Waals surface area (Å²) in [4.78, 5) is 16.2. The molecule has 188 valence electrons. The quantitative estimate of drug-likeness (QED) is 0.329. The van der Waals surface area contributed by atoms with Gasteiger partial charge in [0.05, 0.1) is 51.4 Å². The molecule has 11 heteroatoms. The van der Waals surface area contributed by atoms with E-state index < -0.39 is 0 Å². The lowest BCUT2D eigenvalue weighted by Gasteiger charge is -2.24. The van der Waals surface area contributed by atoms with Gasteiger partial charge in [0, 0.05) is 28.5 Å². The molecule has 1 atom stereocenters. The van der Waals surface area contributed by atoms with Crippen molar-refractivity contribution in [3.8, 4) is 22.9 Å². The third-order valence-corrected chi connectivity index (χ3v) is 6.76. The Balaban J connectivity index is 1.52. The molecule has 1 saturated heterocycles. The van der Waals surface area contributed by atoms with Crippen LogP contribution < -0.4 is 24.4 Å². The number of aliphatic hydroxyl groups excluding tert-OH is 1. The van der Waals surface area contributed by atoms with Crippen molar-refractivity contribution in [1.29, 1.82) is 0 Å². The zero-order valence-electron chi connectivity index (χ0n) is 20.2. The van der Waals surface area contributed by atoms with Gasteiger partial charge in [0.1, 0.15) is 18.0 Å². The topological polar surface area (TPSA) is 107 Å². The van der Waals surface area contributed by atoms with Crippen molar-refractivity contribution in [2.45, 2.75) is 18.9 Å². The zero-order chi connectivity index (χ0) is 25.2. The van der Waals surface area contributed by atoms with Gasteiger partial charge in [0.15, 0.2) is 11.5 Å². The van der Waals surface area contributed by atoms with Gasteiger partial charge in [-0.3, -0.25) is 0 Å². The van der Waals surface area contributed by atoms with Crippen LogP contribution in [0.2, 0.25) is 0 Å². The summed E-state index contributed by atoms with van der Waals surface area (Å²) in [5, 5.41) is 14.0. The summed E-state index contributed by atoms with van der Waals surface area (Å²) in [6.45, 7) is 0.877. The molecule has 0 saturated carbocycles. The van der Waals surface area contributed by atoms with Crippen LogP contribution in [0.1, 0.15) is 12.8 Å². The zero-order valence-corrected chi connectivity index (χ0v) is 21.8. The first-order valence-electron chi connectivity index (χ1n) is 11.5. The second-order valence-electron chi connectivity index (χ2n) is 8.38. The van der Waals surface area contributed by atoms with E-state index in [0.29, 0.717) is 34.8 Å². The Hall–Kier alpha value is -3.57. The molecule has 1 unspecified atom stereocenters. The Labute approximate surface area is 217 Å². The molecule has 1 aliphatic rings. The summed E-state index contributed by atoms with van der Waals surface area (Å²) >= 11 is 3.54. The number of nitrogens with zero attached hydrogens (tertiary/aromatic N) is 5. The van der Waals surface area contributed by atoms with Crippen LogP contribution in [-0.4, -0.2) is 65.1 Å². The van der Waals surface area contributed by atoms with E-state index in [1.807, 2.05) is 41.1 Å². The number of nitrogens with one attached hydrogen (secondary N) is 1. The van der Waals surface area contributed by atoms with Gasteiger partial charge in [-0.1, -0.05) is 15.9 Å². The lowest BCUT2D eigenvalue weighted by Crippen LogP contribution is -2.33. The summed E-state index contributed by atoms with van der Waals surface area (Å²) in [6.07, 6.45) is 5.47. The van der Waals surface area contributed by atoms with Crippen molar-refractivity contribution < 1.29 is 19.3 Å². The second kappa shape index (κ2) is 10.2. The normalized spacial score (nSPS) is 15.4. The Bertz CT molecular complexity index is 1370. The maximum Gasteiger partial charge on any atom is 0.228 e. The van der Waals surface area contributed by atoms with Gasteiger partial charge >= 0.3 is 0 Å². The summed E-state index contributed by atoms with van der Waals surface area (Å²) in [5.41, 5.74) is 1.59. The average Bonchev–Trinajstić information content (AvgIpc) is 3.57. The van der Waals surface area contributed by atoms with E-state index in [-0.39, 0.29) is 12.6 Å². The first-order valence-corrected chi connectivity index (χ1v) is 12.3. The van der Waals surface area contributed by atoms with Crippen molar-refractivity contribution in [3.63, 3.8) is 0 Å². The smallest absolute Gasteiger partial charge is 0.228 e. The number of ether oxygens (including phenoxy) is 3. The monoisotopic (exact) mass is 554 g/mol. The molecule has 1 aliphatic heterocycles. The minimum Gasteiger partial charge on any atom is -0.493 e. The molecule has 0 radical (unpaired) electrons. The minimum atomic E-state index is 0.0155. The lowest BCUT2D eigenvalue weighted by molar-refractivity contribution is 0.265. The number of methoxy groups -OCH3 is 3. The summed E-state index contributed by atoms with van der Waals surface area (Å²) in [6, 6.07) is 9.61. The lowest BCUT2D eigenvalue weighted by atomic mass is 10.2. The summed E-state index contributed by atoms with van der Waals surface area (Å²) < 4.78 is 19.2. The minimum absolute atomic E-state index is 0.0155.